The fraction of sp³-hybridized carbons (Fsp3) is 0.556. The van der Waals surface area contributed by atoms with Crippen LogP contribution in [0, 0.1) is 12.8 Å². The van der Waals surface area contributed by atoms with Crippen molar-refractivity contribution >= 4 is 0 Å². The van der Waals surface area contributed by atoms with Gasteiger partial charge in [-0.3, -0.25) is 0 Å². The highest BCUT2D eigenvalue weighted by molar-refractivity contribution is 5.05. The van der Waals surface area contributed by atoms with Crippen LogP contribution < -0.4 is 5.73 Å². The molecule has 1 aliphatic rings. The van der Waals surface area contributed by atoms with Gasteiger partial charge in [0.1, 0.15) is 5.82 Å². The molecule has 0 radical (unpaired) electrons. The number of nitrogens with zero attached hydrogens (tertiary/aromatic N) is 2. The second kappa shape index (κ2) is 2.83. The van der Waals surface area contributed by atoms with E-state index >= 15 is 0 Å². The monoisotopic (exact) mass is 163 g/mol. The largest absolute Gasteiger partial charge is 0.321 e. The molecule has 64 valence electrons. The maximum Gasteiger partial charge on any atom is 0.145 e. The first-order valence-electron chi connectivity index (χ1n) is 4.32. The Hall–Kier alpha value is -0.960. The molecule has 1 atom stereocenters. The number of hydrogen-bond donors (Lipinski definition) is 1. The average molecular weight is 163 g/mol. The Morgan fingerprint density at radius 1 is 1.58 bits per heavy atom. The first-order valence-corrected chi connectivity index (χ1v) is 4.32. The lowest BCUT2D eigenvalue weighted by Crippen LogP contribution is -2.16. The lowest BCUT2D eigenvalue weighted by atomic mass is 10.2. The van der Waals surface area contributed by atoms with Crippen LogP contribution in [0.2, 0.25) is 0 Å². The Kier molecular flexibility index (Phi) is 1.81. The second-order valence-electron chi connectivity index (χ2n) is 3.42. The van der Waals surface area contributed by atoms with Gasteiger partial charge < -0.3 is 5.73 Å². The van der Waals surface area contributed by atoms with Gasteiger partial charge in [0.15, 0.2) is 0 Å². The summed E-state index contributed by atoms with van der Waals surface area (Å²) in [6.07, 6.45) is 4.25. The van der Waals surface area contributed by atoms with Crippen LogP contribution in [0.3, 0.4) is 0 Å². The third-order valence-electron chi connectivity index (χ3n) is 2.24. The first kappa shape index (κ1) is 7.68. The van der Waals surface area contributed by atoms with Crippen molar-refractivity contribution in [2.24, 2.45) is 11.7 Å². The maximum absolute atomic E-state index is 5.94. The van der Waals surface area contributed by atoms with E-state index in [1.165, 1.54) is 12.8 Å². The van der Waals surface area contributed by atoms with Crippen molar-refractivity contribution in [3.05, 3.63) is 23.8 Å². The van der Waals surface area contributed by atoms with Crippen LogP contribution in [0.25, 0.3) is 0 Å². The summed E-state index contributed by atoms with van der Waals surface area (Å²) in [6.45, 7) is 1.96. The van der Waals surface area contributed by atoms with Crippen LogP contribution >= 0.6 is 0 Å². The van der Waals surface area contributed by atoms with E-state index in [0.717, 1.165) is 11.5 Å². The summed E-state index contributed by atoms with van der Waals surface area (Å²) in [4.78, 5) is 8.46. The van der Waals surface area contributed by atoms with E-state index in [-0.39, 0.29) is 6.04 Å². The highest BCUT2D eigenvalue weighted by Crippen LogP contribution is 2.38. The minimum atomic E-state index is 0.0601. The summed E-state index contributed by atoms with van der Waals surface area (Å²) in [7, 11) is 0. The molecule has 0 spiro atoms. The lowest BCUT2D eigenvalue weighted by molar-refractivity contribution is 0.591. The van der Waals surface area contributed by atoms with Gasteiger partial charge in [-0.05, 0) is 31.7 Å². The fourth-order valence-corrected chi connectivity index (χ4v) is 1.30. The van der Waals surface area contributed by atoms with Crippen molar-refractivity contribution in [1.82, 2.24) is 9.97 Å². The molecule has 0 bridgehead atoms. The SMILES string of the molecule is Cc1ccnc([C@H](N)C2CC2)n1. The molecule has 1 heterocycles. The van der Waals surface area contributed by atoms with Gasteiger partial charge in [0, 0.05) is 11.9 Å². The number of aryl methyl sites for hydroxylation is 1. The molecule has 2 N–H and O–H groups in total. The van der Waals surface area contributed by atoms with Crippen LogP contribution in [-0.2, 0) is 0 Å². The molecule has 1 aliphatic carbocycles. The molecule has 0 aromatic carbocycles. The maximum atomic E-state index is 5.94. The van der Waals surface area contributed by atoms with Gasteiger partial charge in [0.05, 0.1) is 6.04 Å². The number of aromatic nitrogens is 2. The van der Waals surface area contributed by atoms with E-state index < -0.39 is 0 Å². The third-order valence-corrected chi connectivity index (χ3v) is 2.24. The van der Waals surface area contributed by atoms with E-state index in [0.29, 0.717) is 5.92 Å². The topological polar surface area (TPSA) is 51.8 Å². The van der Waals surface area contributed by atoms with Crippen molar-refractivity contribution in [3.63, 3.8) is 0 Å². The molecule has 3 heteroatoms. The molecule has 1 aromatic rings. The van der Waals surface area contributed by atoms with Crippen LogP contribution in [0.4, 0.5) is 0 Å². The molecule has 1 fully saturated rings. The standard InChI is InChI=1S/C9H13N3/c1-6-4-5-11-9(12-6)8(10)7-2-3-7/h4-5,7-8H,2-3,10H2,1H3/t8-/m1/s1. The summed E-state index contributed by atoms with van der Waals surface area (Å²) in [6, 6.07) is 1.95. The van der Waals surface area contributed by atoms with Crippen LogP contribution in [-0.4, -0.2) is 9.97 Å². The zero-order chi connectivity index (χ0) is 8.55. The minimum Gasteiger partial charge on any atom is -0.321 e. The third kappa shape index (κ3) is 1.46. The lowest BCUT2D eigenvalue weighted by Gasteiger charge is -2.07. The average Bonchev–Trinajstić information content (AvgIpc) is 2.85. The van der Waals surface area contributed by atoms with Crippen LogP contribution in [0.15, 0.2) is 12.3 Å². The minimum absolute atomic E-state index is 0.0601. The molecule has 0 aliphatic heterocycles. The molecule has 0 saturated heterocycles. The normalized spacial score (nSPS) is 19.2. The quantitative estimate of drug-likeness (QED) is 0.712. The molecule has 12 heavy (non-hydrogen) atoms. The first-order chi connectivity index (χ1) is 5.77. The summed E-state index contributed by atoms with van der Waals surface area (Å²) >= 11 is 0. The molecular formula is C9H13N3. The van der Waals surface area contributed by atoms with Crippen molar-refractivity contribution in [3.8, 4) is 0 Å². The number of nitrogens with two attached hydrogens (primary N) is 1. The highest BCUT2D eigenvalue weighted by atomic mass is 14.9. The Labute approximate surface area is 72.0 Å². The summed E-state index contributed by atoms with van der Waals surface area (Å²) in [5.41, 5.74) is 6.94. The Balaban J connectivity index is 2.20. The predicted molar refractivity (Wildman–Crippen MR) is 46.4 cm³/mol. The van der Waals surface area contributed by atoms with Crippen LogP contribution in [0.1, 0.15) is 30.4 Å². The molecular weight excluding hydrogens is 150 g/mol. The zero-order valence-electron chi connectivity index (χ0n) is 7.20. The van der Waals surface area contributed by atoms with Gasteiger partial charge in [-0.2, -0.15) is 0 Å². The Morgan fingerprint density at radius 2 is 2.33 bits per heavy atom. The molecule has 0 amide bonds. The number of hydrogen-bond acceptors (Lipinski definition) is 3. The smallest absolute Gasteiger partial charge is 0.145 e. The van der Waals surface area contributed by atoms with E-state index in [4.69, 9.17) is 5.73 Å². The van der Waals surface area contributed by atoms with Gasteiger partial charge in [-0.1, -0.05) is 0 Å². The Morgan fingerprint density at radius 3 is 2.92 bits per heavy atom. The van der Waals surface area contributed by atoms with Gasteiger partial charge >= 0.3 is 0 Å². The second-order valence-corrected chi connectivity index (χ2v) is 3.42. The van der Waals surface area contributed by atoms with Gasteiger partial charge in [0.2, 0.25) is 0 Å². The summed E-state index contributed by atoms with van der Waals surface area (Å²) in [5, 5.41) is 0. The summed E-state index contributed by atoms with van der Waals surface area (Å²) in [5.74, 6) is 1.43. The fourth-order valence-electron chi connectivity index (χ4n) is 1.30. The van der Waals surface area contributed by atoms with Gasteiger partial charge in [-0.15, -0.1) is 0 Å². The number of rotatable bonds is 2. The van der Waals surface area contributed by atoms with E-state index in [2.05, 4.69) is 9.97 Å². The van der Waals surface area contributed by atoms with E-state index in [9.17, 15) is 0 Å². The predicted octanol–water partition coefficient (Wildman–Crippen LogP) is 1.19. The van der Waals surface area contributed by atoms with Crippen LogP contribution in [0.5, 0.6) is 0 Å². The molecule has 0 unspecified atom stereocenters. The van der Waals surface area contributed by atoms with E-state index in [1.54, 1.807) is 6.20 Å². The summed E-state index contributed by atoms with van der Waals surface area (Å²) < 4.78 is 0. The Bertz CT molecular complexity index is 281. The van der Waals surface area contributed by atoms with Crippen molar-refractivity contribution in [2.45, 2.75) is 25.8 Å². The highest BCUT2D eigenvalue weighted by Gasteiger charge is 2.31. The molecule has 1 saturated carbocycles. The molecule has 3 nitrogen and oxygen atoms in total. The van der Waals surface area contributed by atoms with Gasteiger partial charge in [-0.25, -0.2) is 9.97 Å². The molecule has 1 aromatic heterocycles. The van der Waals surface area contributed by atoms with Crippen molar-refractivity contribution in [2.75, 3.05) is 0 Å². The van der Waals surface area contributed by atoms with E-state index in [1.807, 2.05) is 13.0 Å². The zero-order valence-corrected chi connectivity index (χ0v) is 7.20. The van der Waals surface area contributed by atoms with Gasteiger partial charge in [0.25, 0.3) is 0 Å². The van der Waals surface area contributed by atoms with Crippen molar-refractivity contribution in [1.29, 1.82) is 0 Å². The molecule has 2 rings (SSSR count). The van der Waals surface area contributed by atoms with Crippen molar-refractivity contribution < 1.29 is 0 Å².